The van der Waals surface area contributed by atoms with Crippen LogP contribution >= 0.6 is 0 Å². The van der Waals surface area contributed by atoms with Crippen LogP contribution in [0.15, 0.2) is 18.2 Å². The standard InChI is InChI=1S/C13H19FN2O2/c1-13(2,3)16-12(17)8-18-11-6-4-5-10(14)9(11)7-15/h4-6H,7-8,15H2,1-3H3,(H,16,17). The minimum absolute atomic E-state index is 0.0307. The third-order valence-corrected chi connectivity index (χ3v) is 2.15. The lowest BCUT2D eigenvalue weighted by Gasteiger charge is -2.20. The van der Waals surface area contributed by atoms with Crippen molar-refractivity contribution in [2.24, 2.45) is 5.73 Å². The largest absolute Gasteiger partial charge is 0.483 e. The average molecular weight is 254 g/mol. The molecule has 0 aliphatic rings. The molecule has 0 bridgehead atoms. The molecule has 1 amide bonds. The van der Waals surface area contributed by atoms with Gasteiger partial charge in [-0.1, -0.05) is 6.07 Å². The Morgan fingerprint density at radius 3 is 2.67 bits per heavy atom. The average Bonchev–Trinajstić information content (AvgIpc) is 2.24. The zero-order valence-corrected chi connectivity index (χ0v) is 10.9. The monoisotopic (exact) mass is 254 g/mol. The summed E-state index contributed by atoms with van der Waals surface area (Å²) in [4.78, 5) is 11.6. The van der Waals surface area contributed by atoms with Gasteiger partial charge in [0, 0.05) is 17.6 Å². The number of nitrogens with two attached hydrogens (primary N) is 1. The number of hydrogen-bond acceptors (Lipinski definition) is 3. The first kappa shape index (κ1) is 14.4. The summed E-state index contributed by atoms with van der Waals surface area (Å²) in [6.45, 7) is 5.49. The van der Waals surface area contributed by atoms with E-state index in [0.717, 1.165) is 0 Å². The zero-order chi connectivity index (χ0) is 13.8. The number of carbonyl (C=O) groups excluding carboxylic acids is 1. The van der Waals surface area contributed by atoms with Gasteiger partial charge in [0.2, 0.25) is 0 Å². The fourth-order valence-electron chi connectivity index (χ4n) is 1.47. The summed E-state index contributed by atoms with van der Waals surface area (Å²) in [5, 5.41) is 2.75. The molecule has 3 N–H and O–H groups in total. The van der Waals surface area contributed by atoms with Crippen LogP contribution in [-0.2, 0) is 11.3 Å². The first-order valence-corrected chi connectivity index (χ1v) is 5.75. The molecule has 18 heavy (non-hydrogen) atoms. The Morgan fingerprint density at radius 2 is 2.11 bits per heavy atom. The highest BCUT2D eigenvalue weighted by molar-refractivity contribution is 5.78. The summed E-state index contributed by atoms with van der Waals surface area (Å²) in [7, 11) is 0. The highest BCUT2D eigenvalue weighted by atomic mass is 19.1. The van der Waals surface area contributed by atoms with Gasteiger partial charge in [-0.05, 0) is 32.9 Å². The van der Waals surface area contributed by atoms with Crippen LogP contribution < -0.4 is 15.8 Å². The molecule has 4 nitrogen and oxygen atoms in total. The Hall–Kier alpha value is -1.62. The predicted molar refractivity (Wildman–Crippen MR) is 67.7 cm³/mol. The lowest BCUT2D eigenvalue weighted by atomic mass is 10.1. The van der Waals surface area contributed by atoms with E-state index in [9.17, 15) is 9.18 Å². The molecule has 0 unspecified atom stereocenters. The van der Waals surface area contributed by atoms with Gasteiger partial charge in [0.1, 0.15) is 11.6 Å². The number of rotatable bonds is 4. The molecular formula is C13H19FN2O2. The van der Waals surface area contributed by atoms with Gasteiger partial charge in [-0.3, -0.25) is 4.79 Å². The van der Waals surface area contributed by atoms with E-state index < -0.39 is 5.82 Å². The summed E-state index contributed by atoms with van der Waals surface area (Å²) in [6.07, 6.45) is 0. The molecule has 0 saturated carbocycles. The Balaban J connectivity index is 2.64. The molecule has 100 valence electrons. The third kappa shape index (κ3) is 4.33. The normalized spacial score (nSPS) is 11.2. The number of hydrogen-bond donors (Lipinski definition) is 2. The molecule has 0 aliphatic carbocycles. The van der Waals surface area contributed by atoms with Crippen molar-refractivity contribution in [2.75, 3.05) is 6.61 Å². The lowest BCUT2D eigenvalue weighted by molar-refractivity contribution is -0.124. The van der Waals surface area contributed by atoms with Crippen LogP contribution in [0.25, 0.3) is 0 Å². The van der Waals surface area contributed by atoms with Crippen LogP contribution in [0.3, 0.4) is 0 Å². The minimum Gasteiger partial charge on any atom is -0.483 e. The van der Waals surface area contributed by atoms with Crippen molar-refractivity contribution in [3.63, 3.8) is 0 Å². The number of ether oxygens (including phenoxy) is 1. The van der Waals surface area contributed by atoms with E-state index in [1.807, 2.05) is 20.8 Å². The van der Waals surface area contributed by atoms with Gasteiger partial charge in [-0.2, -0.15) is 0 Å². The molecule has 1 rings (SSSR count). The third-order valence-electron chi connectivity index (χ3n) is 2.15. The number of halogens is 1. The summed E-state index contributed by atoms with van der Waals surface area (Å²) >= 11 is 0. The SMILES string of the molecule is CC(C)(C)NC(=O)COc1cccc(F)c1CN. The van der Waals surface area contributed by atoms with Gasteiger partial charge >= 0.3 is 0 Å². The van der Waals surface area contributed by atoms with Crippen molar-refractivity contribution in [1.29, 1.82) is 0 Å². The molecule has 0 aromatic heterocycles. The molecule has 1 aromatic carbocycles. The Labute approximate surface area is 106 Å². The first-order chi connectivity index (χ1) is 8.33. The minimum atomic E-state index is -0.425. The van der Waals surface area contributed by atoms with Crippen molar-refractivity contribution in [2.45, 2.75) is 32.9 Å². The molecule has 0 aliphatic heterocycles. The van der Waals surface area contributed by atoms with Crippen LogP contribution in [0.1, 0.15) is 26.3 Å². The van der Waals surface area contributed by atoms with Gasteiger partial charge in [0.05, 0.1) is 0 Å². The maximum atomic E-state index is 13.4. The topological polar surface area (TPSA) is 64.3 Å². The van der Waals surface area contributed by atoms with Crippen molar-refractivity contribution >= 4 is 5.91 Å². The van der Waals surface area contributed by atoms with Gasteiger partial charge < -0.3 is 15.8 Å². The maximum absolute atomic E-state index is 13.4. The van der Waals surface area contributed by atoms with E-state index in [0.29, 0.717) is 5.75 Å². The Kier molecular flexibility index (Phi) is 4.67. The second-order valence-corrected chi connectivity index (χ2v) is 5.01. The predicted octanol–water partition coefficient (Wildman–Crippen LogP) is 1.58. The van der Waals surface area contributed by atoms with E-state index in [1.54, 1.807) is 6.07 Å². The molecule has 0 fully saturated rings. The summed E-state index contributed by atoms with van der Waals surface area (Å²) < 4.78 is 18.7. The number of benzene rings is 1. The van der Waals surface area contributed by atoms with Crippen LogP contribution in [0, 0.1) is 5.82 Å². The second kappa shape index (κ2) is 5.82. The van der Waals surface area contributed by atoms with Crippen LogP contribution in [0.4, 0.5) is 4.39 Å². The highest BCUT2D eigenvalue weighted by Crippen LogP contribution is 2.20. The van der Waals surface area contributed by atoms with Crippen molar-refractivity contribution in [3.05, 3.63) is 29.6 Å². The quantitative estimate of drug-likeness (QED) is 0.857. The van der Waals surface area contributed by atoms with E-state index in [2.05, 4.69) is 5.32 Å². The smallest absolute Gasteiger partial charge is 0.258 e. The maximum Gasteiger partial charge on any atom is 0.258 e. The van der Waals surface area contributed by atoms with E-state index in [4.69, 9.17) is 10.5 Å². The van der Waals surface area contributed by atoms with Crippen LogP contribution in [-0.4, -0.2) is 18.1 Å². The fraction of sp³-hybridized carbons (Fsp3) is 0.462. The highest BCUT2D eigenvalue weighted by Gasteiger charge is 2.15. The van der Waals surface area contributed by atoms with Crippen molar-refractivity contribution < 1.29 is 13.9 Å². The zero-order valence-electron chi connectivity index (χ0n) is 10.9. The number of carbonyl (C=O) groups is 1. The Morgan fingerprint density at radius 1 is 1.44 bits per heavy atom. The van der Waals surface area contributed by atoms with Gasteiger partial charge in [0.25, 0.3) is 5.91 Å². The van der Waals surface area contributed by atoms with Crippen molar-refractivity contribution in [3.8, 4) is 5.75 Å². The van der Waals surface area contributed by atoms with Crippen LogP contribution in [0.2, 0.25) is 0 Å². The number of amides is 1. The van der Waals surface area contributed by atoms with E-state index in [1.165, 1.54) is 12.1 Å². The molecule has 1 aromatic rings. The molecular weight excluding hydrogens is 235 g/mol. The molecule has 0 atom stereocenters. The lowest BCUT2D eigenvalue weighted by Crippen LogP contribution is -2.43. The molecule has 0 radical (unpaired) electrons. The summed E-state index contributed by atoms with van der Waals surface area (Å²) in [6, 6.07) is 4.42. The van der Waals surface area contributed by atoms with Gasteiger partial charge in [-0.15, -0.1) is 0 Å². The first-order valence-electron chi connectivity index (χ1n) is 5.75. The number of nitrogens with one attached hydrogen (secondary N) is 1. The molecule has 0 spiro atoms. The van der Waals surface area contributed by atoms with E-state index in [-0.39, 0.29) is 30.2 Å². The van der Waals surface area contributed by atoms with Crippen LogP contribution in [0.5, 0.6) is 5.75 Å². The Bertz CT molecular complexity index is 427. The van der Waals surface area contributed by atoms with E-state index >= 15 is 0 Å². The van der Waals surface area contributed by atoms with Crippen molar-refractivity contribution in [1.82, 2.24) is 5.32 Å². The molecule has 0 heterocycles. The summed E-state index contributed by atoms with van der Waals surface area (Å²) in [5.74, 6) is -0.373. The fourth-order valence-corrected chi connectivity index (χ4v) is 1.47. The van der Waals surface area contributed by atoms with Gasteiger partial charge in [-0.25, -0.2) is 4.39 Å². The molecule has 5 heteroatoms. The van der Waals surface area contributed by atoms with Gasteiger partial charge in [0.15, 0.2) is 6.61 Å². The second-order valence-electron chi connectivity index (χ2n) is 5.01. The summed E-state index contributed by atoms with van der Waals surface area (Å²) in [5.41, 5.74) is 5.40. The molecule has 0 saturated heterocycles.